The third kappa shape index (κ3) is 5.26. The van der Waals surface area contributed by atoms with Crippen LogP contribution in [-0.4, -0.2) is 26.8 Å². The molecule has 0 radical (unpaired) electrons. The van der Waals surface area contributed by atoms with Crippen molar-refractivity contribution in [2.75, 3.05) is 4.90 Å². The minimum absolute atomic E-state index is 0.0657. The summed E-state index contributed by atoms with van der Waals surface area (Å²) in [5.41, 5.74) is 4.74. The van der Waals surface area contributed by atoms with Gasteiger partial charge in [0.25, 0.3) is 0 Å². The molecule has 1 N–H and O–H groups in total. The number of anilines is 1. The van der Waals surface area contributed by atoms with Gasteiger partial charge in [0, 0.05) is 12.2 Å². The molecular weight excluding hydrogens is 462 g/mol. The predicted octanol–water partition coefficient (Wildman–Crippen LogP) is 4.83. The Bertz CT molecular complexity index is 1520. The van der Waals surface area contributed by atoms with Crippen LogP contribution in [0.4, 0.5) is 5.69 Å². The average Bonchev–Trinajstić information content (AvgIpc) is 3.34. The van der Waals surface area contributed by atoms with E-state index in [1.165, 1.54) is 0 Å². The number of carbonyl (C=O) groups excluding carboxylic acids is 2. The molecule has 1 heterocycles. The van der Waals surface area contributed by atoms with Crippen LogP contribution in [0.15, 0.2) is 109 Å². The molecule has 1 aromatic heterocycles. The summed E-state index contributed by atoms with van der Waals surface area (Å²) in [6, 6.07) is 33.3. The van der Waals surface area contributed by atoms with E-state index in [1.807, 2.05) is 116 Å². The Morgan fingerprint density at radius 2 is 1.49 bits per heavy atom. The maximum absolute atomic E-state index is 14.0. The Balaban J connectivity index is 1.54. The molecule has 1 atom stereocenters. The van der Waals surface area contributed by atoms with E-state index >= 15 is 0 Å². The smallest absolute Gasteiger partial charge is 0.249 e. The number of para-hydroxylation sites is 2. The second-order valence-corrected chi connectivity index (χ2v) is 8.80. The summed E-state index contributed by atoms with van der Waals surface area (Å²) < 4.78 is 1.57. The molecule has 0 aliphatic carbocycles. The lowest BCUT2D eigenvalue weighted by atomic mass is 9.98. The van der Waals surface area contributed by atoms with Crippen LogP contribution in [0.1, 0.15) is 22.7 Å². The Labute approximate surface area is 215 Å². The van der Waals surface area contributed by atoms with E-state index in [0.717, 1.165) is 22.2 Å². The van der Waals surface area contributed by atoms with E-state index in [9.17, 15) is 9.59 Å². The molecule has 7 nitrogen and oxygen atoms in total. The second kappa shape index (κ2) is 10.9. The monoisotopic (exact) mass is 489 g/mol. The zero-order valence-electron chi connectivity index (χ0n) is 20.5. The lowest BCUT2D eigenvalue weighted by Gasteiger charge is -2.32. The number of amides is 2. The Morgan fingerprint density at radius 1 is 0.838 bits per heavy atom. The van der Waals surface area contributed by atoms with Gasteiger partial charge in [-0.2, -0.15) is 0 Å². The summed E-state index contributed by atoms with van der Waals surface area (Å²) in [7, 11) is 0. The van der Waals surface area contributed by atoms with Crippen molar-refractivity contribution in [2.45, 2.75) is 26.1 Å². The molecular formula is C30H27N5O2. The standard InChI is InChI=1S/C30H27N5O2/c1-22-12-8-9-17-25(22)29(30(37)31-20-23-13-4-2-5-14-23)35(24-15-6-3-7-16-24)28(36)21-34-27-19-11-10-18-26(27)32-33-34/h2-19,29H,20-21H2,1H3,(H,31,37). The second-order valence-electron chi connectivity index (χ2n) is 8.80. The van der Waals surface area contributed by atoms with Gasteiger partial charge in [-0.15, -0.1) is 5.10 Å². The van der Waals surface area contributed by atoms with Gasteiger partial charge in [-0.25, -0.2) is 4.68 Å². The summed E-state index contributed by atoms with van der Waals surface area (Å²) in [6.45, 7) is 2.24. The fourth-order valence-corrected chi connectivity index (χ4v) is 4.44. The van der Waals surface area contributed by atoms with E-state index < -0.39 is 6.04 Å². The first kappa shape index (κ1) is 23.9. The molecule has 0 aliphatic rings. The summed E-state index contributed by atoms with van der Waals surface area (Å²) >= 11 is 0. The summed E-state index contributed by atoms with van der Waals surface area (Å²) in [5, 5.41) is 11.4. The highest BCUT2D eigenvalue weighted by Crippen LogP contribution is 2.30. The van der Waals surface area contributed by atoms with Crippen molar-refractivity contribution in [3.8, 4) is 0 Å². The van der Waals surface area contributed by atoms with Gasteiger partial charge in [0.15, 0.2) is 0 Å². The number of rotatable bonds is 8. The fraction of sp³-hybridized carbons (Fsp3) is 0.133. The maximum atomic E-state index is 14.0. The Kier molecular flexibility index (Phi) is 7.03. The Morgan fingerprint density at radius 3 is 2.24 bits per heavy atom. The molecule has 2 amide bonds. The Hall–Kier alpha value is -4.78. The fourth-order valence-electron chi connectivity index (χ4n) is 4.44. The van der Waals surface area contributed by atoms with Crippen LogP contribution in [-0.2, 0) is 22.7 Å². The van der Waals surface area contributed by atoms with Crippen LogP contribution < -0.4 is 10.2 Å². The topological polar surface area (TPSA) is 80.1 Å². The quantitative estimate of drug-likeness (QED) is 0.339. The molecule has 4 aromatic carbocycles. The van der Waals surface area contributed by atoms with E-state index in [-0.39, 0.29) is 18.4 Å². The van der Waals surface area contributed by atoms with Gasteiger partial charge in [-0.3, -0.25) is 14.5 Å². The highest BCUT2D eigenvalue weighted by atomic mass is 16.2. The number of aromatic nitrogens is 3. The van der Waals surface area contributed by atoms with Gasteiger partial charge in [-0.1, -0.05) is 90.1 Å². The molecule has 7 heteroatoms. The van der Waals surface area contributed by atoms with Gasteiger partial charge in [-0.05, 0) is 47.9 Å². The lowest BCUT2D eigenvalue weighted by Crippen LogP contribution is -2.45. The van der Waals surface area contributed by atoms with Crippen LogP contribution in [0.25, 0.3) is 11.0 Å². The zero-order chi connectivity index (χ0) is 25.6. The number of nitrogens with zero attached hydrogens (tertiary/aromatic N) is 4. The number of aryl methyl sites for hydroxylation is 1. The largest absolute Gasteiger partial charge is 0.350 e. The molecule has 0 aliphatic heterocycles. The van der Waals surface area contributed by atoms with E-state index in [0.29, 0.717) is 17.7 Å². The van der Waals surface area contributed by atoms with Crippen molar-refractivity contribution in [1.82, 2.24) is 20.3 Å². The third-order valence-electron chi connectivity index (χ3n) is 6.31. The number of carbonyl (C=O) groups is 2. The van der Waals surface area contributed by atoms with Crippen LogP contribution >= 0.6 is 0 Å². The maximum Gasteiger partial charge on any atom is 0.249 e. The van der Waals surface area contributed by atoms with Gasteiger partial charge in [0.1, 0.15) is 18.1 Å². The molecule has 0 fully saturated rings. The SMILES string of the molecule is Cc1ccccc1C(C(=O)NCc1ccccc1)N(C(=O)Cn1nnc2ccccc21)c1ccccc1. The zero-order valence-corrected chi connectivity index (χ0v) is 20.5. The van der Waals surface area contributed by atoms with Crippen LogP contribution in [0.5, 0.6) is 0 Å². The van der Waals surface area contributed by atoms with Gasteiger partial charge < -0.3 is 5.32 Å². The van der Waals surface area contributed by atoms with Crippen molar-refractivity contribution in [3.63, 3.8) is 0 Å². The molecule has 0 spiro atoms. The molecule has 1 unspecified atom stereocenters. The summed E-state index contributed by atoms with van der Waals surface area (Å²) in [6.07, 6.45) is 0. The molecule has 0 saturated carbocycles. The molecule has 184 valence electrons. The number of fused-ring (bicyclic) bond motifs is 1. The first-order chi connectivity index (χ1) is 18.1. The van der Waals surface area contributed by atoms with Crippen molar-refractivity contribution in [3.05, 3.63) is 126 Å². The van der Waals surface area contributed by atoms with Crippen molar-refractivity contribution in [2.24, 2.45) is 0 Å². The third-order valence-corrected chi connectivity index (χ3v) is 6.31. The minimum Gasteiger partial charge on any atom is -0.350 e. The normalized spacial score (nSPS) is 11.7. The first-order valence-electron chi connectivity index (χ1n) is 12.1. The van der Waals surface area contributed by atoms with Gasteiger partial charge in [0.2, 0.25) is 11.8 Å². The number of hydrogen-bond acceptors (Lipinski definition) is 4. The minimum atomic E-state index is -0.880. The van der Waals surface area contributed by atoms with Crippen LogP contribution in [0, 0.1) is 6.92 Å². The summed E-state index contributed by atoms with van der Waals surface area (Å²) in [4.78, 5) is 29.4. The molecule has 5 aromatic rings. The average molecular weight is 490 g/mol. The van der Waals surface area contributed by atoms with Crippen molar-refractivity contribution < 1.29 is 9.59 Å². The van der Waals surface area contributed by atoms with Crippen molar-refractivity contribution >= 4 is 28.5 Å². The van der Waals surface area contributed by atoms with E-state index in [2.05, 4.69) is 15.6 Å². The lowest BCUT2D eigenvalue weighted by molar-refractivity contribution is -0.127. The predicted molar refractivity (Wildman–Crippen MR) is 144 cm³/mol. The van der Waals surface area contributed by atoms with E-state index in [1.54, 1.807) is 9.58 Å². The molecule has 37 heavy (non-hydrogen) atoms. The van der Waals surface area contributed by atoms with Crippen LogP contribution in [0.2, 0.25) is 0 Å². The van der Waals surface area contributed by atoms with Gasteiger partial charge >= 0.3 is 0 Å². The molecule has 0 bridgehead atoms. The number of nitrogens with one attached hydrogen (secondary N) is 1. The van der Waals surface area contributed by atoms with Crippen LogP contribution in [0.3, 0.4) is 0 Å². The highest BCUT2D eigenvalue weighted by molar-refractivity contribution is 6.01. The van der Waals surface area contributed by atoms with Crippen molar-refractivity contribution in [1.29, 1.82) is 0 Å². The molecule has 5 rings (SSSR count). The summed E-state index contributed by atoms with van der Waals surface area (Å²) in [5.74, 6) is -0.538. The highest BCUT2D eigenvalue weighted by Gasteiger charge is 2.34. The van der Waals surface area contributed by atoms with E-state index in [4.69, 9.17) is 0 Å². The molecule has 0 saturated heterocycles. The number of hydrogen-bond donors (Lipinski definition) is 1. The first-order valence-corrected chi connectivity index (χ1v) is 12.1. The van der Waals surface area contributed by atoms with Gasteiger partial charge in [0.05, 0.1) is 5.52 Å². The number of benzene rings is 4.